The lowest BCUT2D eigenvalue weighted by Gasteiger charge is -2.42. The third-order valence-electron chi connectivity index (χ3n) is 5.48. The fourth-order valence-corrected chi connectivity index (χ4v) is 3.52. The third kappa shape index (κ3) is 3.53. The number of hydrogen-bond donors (Lipinski definition) is 1. The Kier molecular flexibility index (Phi) is 5.39. The number of benzene rings is 2. The number of likely N-dealkylation sites (N-methyl/N-ethyl adjacent to an activating group) is 1. The minimum Gasteiger partial charge on any atom is -0.326 e. The lowest BCUT2D eigenvalue weighted by atomic mass is 9.86. The van der Waals surface area contributed by atoms with E-state index in [1.54, 1.807) is 50.2 Å². The maximum Gasteiger partial charge on any atom is 0.271 e. The number of rotatable bonds is 4. The molecule has 1 aliphatic heterocycles. The zero-order valence-electron chi connectivity index (χ0n) is 16.8. The van der Waals surface area contributed by atoms with Crippen LogP contribution in [0, 0.1) is 21.4 Å². The third-order valence-corrected chi connectivity index (χ3v) is 5.48. The monoisotopic (exact) mass is 404 g/mol. The van der Waals surface area contributed by atoms with Gasteiger partial charge in [-0.25, -0.2) is 0 Å². The van der Waals surface area contributed by atoms with E-state index in [2.05, 4.69) is 11.4 Å². The van der Waals surface area contributed by atoms with Crippen molar-refractivity contribution in [2.45, 2.75) is 25.8 Å². The molecule has 3 rings (SSSR count). The fraction of sp³-hybridized carbons (Fsp3) is 0.227. The number of nitrogens with one attached hydrogen (secondary N) is 1. The standard InChI is InChI=1S/C22H20N4O4/c1-14(18-10-5-4-8-16(18)13-23)19-20(27)25(3)22(2,21(28)24-19)12-15-7-6-9-17(11-15)26(29)30/h4-11H,12H2,1-3H3,(H,24,28). The highest BCUT2D eigenvalue weighted by molar-refractivity contribution is 6.10. The van der Waals surface area contributed by atoms with Gasteiger partial charge in [-0.1, -0.05) is 30.3 Å². The minimum atomic E-state index is -1.23. The van der Waals surface area contributed by atoms with Gasteiger partial charge in [0.1, 0.15) is 11.2 Å². The first-order valence-electron chi connectivity index (χ1n) is 9.22. The number of allylic oxidation sites excluding steroid dienone is 1. The molecule has 0 aromatic heterocycles. The van der Waals surface area contributed by atoms with Gasteiger partial charge in [0.15, 0.2) is 0 Å². The summed E-state index contributed by atoms with van der Waals surface area (Å²) < 4.78 is 0. The van der Waals surface area contributed by atoms with Gasteiger partial charge >= 0.3 is 0 Å². The van der Waals surface area contributed by atoms with Crippen LogP contribution in [0.25, 0.3) is 5.57 Å². The molecule has 0 spiro atoms. The van der Waals surface area contributed by atoms with Crippen LogP contribution in [0.5, 0.6) is 0 Å². The van der Waals surface area contributed by atoms with Crippen molar-refractivity contribution in [2.75, 3.05) is 7.05 Å². The molecule has 1 heterocycles. The number of nitriles is 1. The Labute approximate surface area is 173 Å². The molecule has 152 valence electrons. The maximum atomic E-state index is 13.1. The molecule has 0 aliphatic carbocycles. The van der Waals surface area contributed by atoms with Gasteiger partial charge in [-0.2, -0.15) is 5.26 Å². The quantitative estimate of drug-likeness (QED) is 0.478. The molecule has 2 amide bonds. The normalized spacial score (nSPS) is 20.4. The Hall–Kier alpha value is -3.99. The summed E-state index contributed by atoms with van der Waals surface area (Å²) in [6, 6.07) is 14.9. The highest BCUT2D eigenvalue weighted by Gasteiger charge is 2.46. The van der Waals surface area contributed by atoms with E-state index < -0.39 is 22.3 Å². The lowest BCUT2D eigenvalue weighted by molar-refractivity contribution is -0.384. The van der Waals surface area contributed by atoms with Crippen molar-refractivity contribution in [1.82, 2.24) is 10.2 Å². The van der Waals surface area contributed by atoms with Crippen LogP contribution in [-0.4, -0.2) is 34.2 Å². The van der Waals surface area contributed by atoms with E-state index >= 15 is 0 Å². The molecule has 1 atom stereocenters. The molecule has 30 heavy (non-hydrogen) atoms. The summed E-state index contributed by atoms with van der Waals surface area (Å²) in [5.41, 5.74) is 0.837. The molecule has 0 saturated carbocycles. The van der Waals surface area contributed by atoms with E-state index in [4.69, 9.17) is 0 Å². The van der Waals surface area contributed by atoms with Gasteiger partial charge in [-0.3, -0.25) is 19.7 Å². The summed E-state index contributed by atoms with van der Waals surface area (Å²) >= 11 is 0. The number of hydrogen-bond acceptors (Lipinski definition) is 5. The fourth-order valence-electron chi connectivity index (χ4n) is 3.52. The summed E-state index contributed by atoms with van der Waals surface area (Å²) in [4.78, 5) is 38.1. The van der Waals surface area contributed by atoms with Crippen LogP contribution in [0.2, 0.25) is 0 Å². The number of nitro benzene ring substituents is 1. The second-order valence-electron chi connectivity index (χ2n) is 7.35. The zero-order chi connectivity index (χ0) is 22.1. The van der Waals surface area contributed by atoms with Crippen LogP contribution in [0.3, 0.4) is 0 Å². The van der Waals surface area contributed by atoms with Crippen LogP contribution in [0.15, 0.2) is 54.2 Å². The minimum absolute atomic E-state index is 0.0779. The predicted octanol–water partition coefficient (Wildman–Crippen LogP) is 2.79. The molecule has 1 fully saturated rings. The van der Waals surface area contributed by atoms with Crippen LogP contribution in [0.4, 0.5) is 5.69 Å². The van der Waals surface area contributed by atoms with Crippen molar-refractivity contribution in [2.24, 2.45) is 0 Å². The molecule has 1 N–H and O–H groups in total. The average molecular weight is 404 g/mol. The van der Waals surface area contributed by atoms with Gasteiger partial charge < -0.3 is 10.2 Å². The van der Waals surface area contributed by atoms with E-state index in [1.807, 2.05) is 0 Å². The number of piperazine rings is 1. The average Bonchev–Trinajstić information content (AvgIpc) is 2.74. The van der Waals surface area contributed by atoms with E-state index in [-0.39, 0.29) is 17.8 Å². The van der Waals surface area contributed by atoms with Crippen molar-refractivity contribution < 1.29 is 14.5 Å². The summed E-state index contributed by atoms with van der Waals surface area (Å²) in [6.07, 6.45) is 0.115. The second kappa shape index (κ2) is 7.79. The van der Waals surface area contributed by atoms with Gasteiger partial charge in [0.05, 0.1) is 16.6 Å². The first-order chi connectivity index (χ1) is 14.2. The molecule has 1 unspecified atom stereocenters. The Morgan fingerprint density at radius 2 is 1.93 bits per heavy atom. The maximum absolute atomic E-state index is 13.1. The number of non-ortho nitro benzene ring substituents is 1. The number of nitrogens with zero attached hydrogens (tertiary/aromatic N) is 3. The number of amides is 2. The van der Waals surface area contributed by atoms with Crippen molar-refractivity contribution in [3.8, 4) is 6.07 Å². The molecular formula is C22H20N4O4. The SMILES string of the molecule is CC(=C1NC(=O)C(C)(Cc2cccc([N+](=O)[O-])c2)N(C)C1=O)c1ccccc1C#N. The van der Waals surface area contributed by atoms with E-state index in [0.717, 1.165) is 0 Å². The number of carbonyl (C=O) groups excluding carboxylic acids is 2. The number of carbonyl (C=O) groups is 2. The summed E-state index contributed by atoms with van der Waals surface area (Å²) in [5.74, 6) is -0.798. The van der Waals surface area contributed by atoms with E-state index in [1.165, 1.54) is 24.1 Å². The molecule has 8 heteroatoms. The Morgan fingerprint density at radius 1 is 1.23 bits per heavy atom. The molecule has 1 saturated heterocycles. The van der Waals surface area contributed by atoms with Crippen molar-refractivity contribution in [3.63, 3.8) is 0 Å². The van der Waals surface area contributed by atoms with Gasteiger partial charge in [0.25, 0.3) is 17.5 Å². The second-order valence-corrected chi connectivity index (χ2v) is 7.35. The Balaban J connectivity index is 1.98. The largest absolute Gasteiger partial charge is 0.326 e. The number of nitro groups is 1. The highest BCUT2D eigenvalue weighted by atomic mass is 16.6. The molecule has 0 bridgehead atoms. The van der Waals surface area contributed by atoms with Crippen LogP contribution in [-0.2, 0) is 16.0 Å². The molecular weight excluding hydrogens is 384 g/mol. The first-order valence-corrected chi connectivity index (χ1v) is 9.22. The van der Waals surface area contributed by atoms with Crippen LogP contribution < -0.4 is 5.32 Å². The van der Waals surface area contributed by atoms with Gasteiger partial charge in [-0.05, 0) is 36.6 Å². The highest BCUT2D eigenvalue weighted by Crippen LogP contribution is 2.30. The Morgan fingerprint density at radius 3 is 2.60 bits per heavy atom. The van der Waals surface area contributed by atoms with Crippen molar-refractivity contribution in [3.05, 3.63) is 81.0 Å². The summed E-state index contributed by atoms with van der Waals surface area (Å²) in [5, 5.41) is 23.1. The zero-order valence-corrected chi connectivity index (χ0v) is 16.8. The Bertz CT molecular complexity index is 1130. The first kappa shape index (κ1) is 20.7. The topological polar surface area (TPSA) is 116 Å². The molecule has 2 aromatic carbocycles. The van der Waals surface area contributed by atoms with Crippen molar-refractivity contribution in [1.29, 1.82) is 5.26 Å². The molecule has 8 nitrogen and oxygen atoms in total. The van der Waals surface area contributed by atoms with Gasteiger partial charge in [-0.15, -0.1) is 0 Å². The molecule has 2 aromatic rings. The molecule has 0 radical (unpaired) electrons. The van der Waals surface area contributed by atoms with Crippen LogP contribution in [0.1, 0.15) is 30.5 Å². The van der Waals surface area contributed by atoms with Gasteiger partial charge in [0.2, 0.25) is 0 Å². The predicted molar refractivity (Wildman–Crippen MR) is 110 cm³/mol. The lowest BCUT2D eigenvalue weighted by Crippen LogP contribution is -2.64. The van der Waals surface area contributed by atoms with Crippen molar-refractivity contribution >= 4 is 23.1 Å². The van der Waals surface area contributed by atoms with Gasteiger partial charge in [0, 0.05) is 25.6 Å². The smallest absolute Gasteiger partial charge is 0.271 e. The summed E-state index contributed by atoms with van der Waals surface area (Å²) in [6.45, 7) is 3.30. The molecule has 1 aliphatic rings. The van der Waals surface area contributed by atoms with E-state index in [9.17, 15) is 25.0 Å². The van der Waals surface area contributed by atoms with Crippen LogP contribution >= 0.6 is 0 Å². The van der Waals surface area contributed by atoms with E-state index in [0.29, 0.717) is 22.3 Å². The summed E-state index contributed by atoms with van der Waals surface area (Å²) in [7, 11) is 1.53.